The van der Waals surface area contributed by atoms with E-state index in [-0.39, 0.29) is 0 Å². The van der Waals surface area contributed by atoms with Crippen LogP contribution in [0.2, 0.25) is 0 Å². The summed E-state index contributed by atoms with van der Waals surface area (Å²) in [5.41, 5.74) is -0.522. The van der Waals surface area contributed by atoms with E-state index in [0.29, 0.717) is 11.1 Å². The van der Waals surface area contributed by atoms with E-state index in [2.05, 4.69) is 0 Å². The quantitative estimate of drug-likeness (QED) is 0.565. The van der Waals surface area contributed by atoms with Gasteiger partial charge in [0.15, 0.2) is 0 Å². The highest BCUT2D eigenvalue weighted by molar-refractivity contribution is 5.87. The van der Waals surface area contributed by atoms with Crippen LogP contribution >= 0.6 is 0 Å². The molecular weight excluding hydrogens is 372 g/mol. The molecule has 0 aliphatic carbocycles. The van der Waals surface area contributed by atoms with Gasteiger partial charge in [0.2, 0.25) is 0 Å². The number of aliphatic hydroxyl groups is 2. The molecule has 2 aromatic carbocycles. The zero-order valence-electron chi connectivity index (χ0n) is 17.5. The first-order valence-electron chi connectivity index (χ1n) is 9.33. The smallest absolute Gasteiger partial charge is 0.335 e. The molecule has 0 aromatic heterocycles. The summed E-state index contributed by atoms with van der Waals surface area (Å²) >= 11 is 0. The molecule has 0 atom stereocenters. The van der Waals surface area contributed by atoms with Gasteiger partial charge >= 0.3 is 11.9 Å². The standard InChI is InChI=1S/C9H20O2.2C7H6O2/c1-8(2,10)6-5-7-9(3,4)11;2*8-7(9)6-4-2-1-3-5-6/h10-11H,5-7H2,1-4H3;2*1-5H,(H,8,9). The summed E-state index contributed by atoms with van der Waals surface area (Å²) < 4.78 is 0. The number of carboxylic acids is 2. The first-order valence-corrected chi connectivity index (χ1v) is 9.33. The minimum Gasteiger partial charge on any atom is -0.478 e. The molecule has 2 aromatic rings. The third-order valence-corrected chi connectivity index (χ3v) is 3.62. The Hall–Kier alpha value is -2.70. The molecule has 0 amide bonds. The van der Waals surface area contributed by atoms with Gasteiger partial charge in [-0.15, -0.1) is 0 Å². The van der Waals surface area contributed by atoms with Gasteiger partial charge in [0.05, 0.1) is 22.3 Å². The van der Waals surface area contributed by atoms with Gasteiger partial charge in [-0.3, -0.25) is 0 Å². The molecule has 0 aliphatic rings. The Bertz CT molecular complexity index is 649. The first-order chi connectivity index (χ1) is 13.3. The van der Waals surface area contributed by atoms with Gasteiger partial charge in [0.25, 0.3) is 0 Å². The lowest BCUT2D eigenvalue weighted by molar-refractivity contribution is 0.0411. The lowest BCUT2D eigenvalue weighted by Crippen LogP contribution is -2.22. The van der Waals surface area contributed by atoms with E-state index in [0.717, 1.165) is 19.3 Å². The van der Waals surface area contributed by atoms with Gasteiger partial charge in [-0.25, -0.2) is 9.59 Å². The molecule has 0 spiro atoms. The van der Waals surface area contributed by atoms with E-state index >= 15 is 0 Å². The van der Waals surface area contributed by atoms with E-state index in [1.807, 2.05) is 0 Å². The maximum atomic E-state index is 10.2. The molecule has 6 nitrogen and oxygen atoms in total. The Morgan fingerprint density at radius 1 is 0.655 bits per heavy atom. The van der Waals surface area contributed by atoms with E-state index in [9.17, 15) is 19.8 Å². The second-order valence-electron chi connectivity index (χ2n) is 7.82. The molecule has 6 heteroatoms. The monoisotopic (exact) mass is 404 g/mol. The molecule has 0 fully saturated rings. The van der Waals surface area contributed by atoms with E-state index < -0.39 is 23.1 Å². The summed E-state index contributed by atoms with van der Waals surface area (Å²) in [6, 6.07) is 16.6. The van der Waals surface area contributed by atoms with Crippen LogP contribution in [0.15, 0.2) is 60.7 Å². The summed E-state index contributed by atoms with van der Waals surface area (Å²) in [6.45, 7) is 7.16. The van der Waals surface area contributed by atoms with Crippen LogP contribution in [-0.2, 0) is 0 Å². The summed E-state index contributed by atoms with van der Waals surface area (Å²) in [6.07, 6.45) is 2.36. The van der Waals surface area contributed by atoms with Crippen LogP contribution in [0.3, 0.4) is 0 Å². The molecule has 0 bridgehead atoms. The van der Waals surface area contributed by atoms with Crippen molar-refractivity contribution in [3.05, 3.63) is 71.8 Å². The van der Waals surface area contributed by atoms with Crippen molar-refractivity contribution in [2.45, 2.75) is 58.2 Å². The largest absolute Gasteiger partial charge is 0.478 e. The van der Waals surface area contributed by atoms with E-state index in [4.69, 9.17) is 10.2 Å². The van der Waals surface area contributed by atoms with E-state index in [1.165, 1.54) is 0 Å². The van der Waals surface area contributed by atoms with Gasteiger partial charge in [-0.1, -0.05) is 36.4 Å². The fraction of sp³-hybridized carbons (Fsp3) is 0.391. The summed E-state index contributed by atoms with van der Waals surface area (Å²) in [7, 11) is 0. The van der Waals surface area contributed by atoms with Crippen LogP contribution in [0.25, 0.3) is 0 Å². The summed E-state index contributed by atoms with van der Waals surface area (Å²) in [4.78, 5) is 20.4. The third-order valence-electron chi connectivity index (χ3n) is 3.62. The third kappa shape index (κ3) is 16.0. The predicted molar refractivity (Wildman–Crippen MR) is 113 cm³/mol. The van der Waals surface area contributed by atoms with Crippen molar-refractivity contribution in [2.75, 3.05) is 0 Å². The Morgan fingerprint density at radius 2 is 0.931 bits per heavy atom. The molecule has 0 aliphatic heterocycles. The van der Waals surface area contributed by atoms with Crippen LogP contribution in [0.5, 0.6) is 0 Å². The molecule has 4 N–H and O–H groups in total. The highest BCUT2D eigenvalue weighted by Gasteiger charge is 2.16. The summed E-state index contributed by atoms with van der Waals surface area (Å²) in [5, 5.41) is 35.4. The fourth-order valence-corrected chi connectivity index (χ4v) is 2.12. The normalized spacial score (nSPS) is 10.7. The molecular formula is C23H32O6. The lowest BCUT2D eigenvalue weighted by Gasteiger charge is -2.21. The predicted octanol–water partition coefficient (Wildman–Crippen LogP) is 4.47. The van der Waals surface area contributed by atoms with Crippen molar-refractivity contribution in [3.63, 3.8) is 0 Å². The van der Waals surface area contributed by atoms with E-state index in [1.54, 1.807) is 88.4 Å². The Balaban J connectivity index is 0.000000408. The van der Waals surface area contributed by atoms with Gasteiger partial charge in [0, 0.05) is 0 Å². The number of hydrogen-bond donors (Lipinski definition) is 4. The number of hydrogen-bond acceptors (Lipinski definition) is 4. The van der Waals surface area contributed by atoms with Crippen LogP contribution in [0.1, 0.15) is 67.7 Å². The molecule has 0 unspecified atom stereocenters. The maximum absolute atomic E-state index is 10.2. The minimum absolute atomic E-state index is 0.331. The molecule has 0 saturated heterocycles. The summed E-state index contributed by atoms with van der Waals surface area (Å²) in [5.74, 6) is -1.76. The average Bonchev–Trinajstić information content (AvgIpc) is 2.62. The maximum Gasteiger partial charge on any atom is 0.335 e. The molecule has 29 heavy (non-hydrogen) atoms. The molecule has 0 heterocycles. The number of carboxylic acid groups (broad SMARTS) is 2. The lowest BCUT2D eigenvalue weighted by atomic mass is 9.95. The zero-order valence-corrected chi connectivity index (χ0v) is 17.5. The fourth-order valence-electron chi connectivity index (χ4n) is 2.12. The van der Waals surface area contributed by atoms with Gasteiger partial charge < -0.3 is 20.4 Å². The number of rotatable bonds is 6. The highest BCUT2D eigenvalue weighted by Crippen LogP contribution is 2.17. The van der Waals surface area contributed by atoms with Crippen molar-refractivity contribution in [1.82, 2.24) is 0 Å². The van der Waals surface area contributed by atoms with Crippen molar-refractivity contribution in [2.24, 2.45) is 0 Å². The van der Waals surface area contributed by atoms with Crippen molar-refractivity contribution < 1.29 is 30.0 Å². The molecule has 2 rings (SSSR count). The van der Waals surface area contributed by atoms with Gasteiger partial charge in [-0.05, 0) is 71.2 Å². The Labute approximate surface area is 172 Å². The number of carbonyl (C=O) groups is 2. The molecule has 0 radical (unpaired) electrons. The Morgan fingerprint density at radius 3 is 1.10 bits per heavy atom. The van der Waals surface area contributed by atoms with Crippen LogP contribution in [0, 0.1) is 0 Å². The zero-order chi connectivity index (χ0) is 22.5. The number of benzene rings is 2. The first kappa shape index (κ1) is 26.3. The van der Waals surface area contributed by atoms with Crippen molar-refractivity contribution in [3.8, 4) is 0 Å². The second kappa shape index (κ2) is 12.7. The highest BCUT2D eigenvalue weighted by atomic mass is 16.4. The van der Waals surface area contributed by atoms with Crippen LogP contribution in [-0.4, -0.2) is 43.6 Å². The van der Waals surface area contributed by atoms with Gasteiger partial charge in [0.1, 0.15) is 0 Å². The van der Waals surface area contributed by atoms with Crippen molar-refractivity contribution >= 4 is 11.9 Å². The average molecular weight is 405 g/mol. The molecule has 0 saturated carbocycles. The molecule has 160 valence electrons. The van der Waals surface area contributed by atoms with Crippen molar-refractivity contribution in [1.29, 1.82) is 0 Å². The van der Waals surface area contributed by atoms with Gasteiger partial charge in [-0.2, -0.15) is 0 Å². The topological polar surface area (TPSA) is 115 Å². The van der Waals surface area contributed by atoms with Crippen LogP contribution in [0.4, 0.5) is 0 Å². The number of aromatic carboxylic acids is 2. The minimum atomic E-state index is -0.879. The SMILES string of the molecule is CC(C)(O)CCCC(C)(C)O.O=C(O)c1ccccc1.O=C(O)c1ccccc1. The second-order valence-corrected chi connectivity index (χ2v) is 7.82. The van der Waals surface area contributed by atoms with Crippen LogP contribution < -0.4 is 0 Å². The Kier molecular flexibility index (Phi) is 11.5.